The van der Waals surface area contributed by atoms with Crippen molar-refractivity contribution in [2.45, 2.75) is 111 Å². The zero-order valence-electron chi connectivity index (χ0n) is 23.5. The molecular weight excluding hydrogens is 430 g/mol. The molecule has 0 saturated carbocycles. The molecule has 3 N–H and O–H groups in total. The Hall–Kier alpha value is -1.84. The Bertz CT molecular complexity index is 908. The number of hydrogen-bond acceptors (Lipinski definition) is 3. The molecule has 0 radical (unpaired) electrons. The van der Waals surface area contributed by atoms with Crippen LogP contribution in [0, 0.1) is 19.3 Å². The molecule has 0 saturated heterocycles. The molecule has 0 bridgehead atoms. The molecule has 1 unspecified atom stereocenters. The fourth-order valence-corrected chi connectivity index (χ4v) is 5.12. The van der Waals surface area contributed by atoms with Crippen molar-refractivity contribution in [3.63, 3.8) is 0 Å². The molecule has 0 aromatic heterocycles. The van der Waals surface area contributed by atoms with E-state index in [1.165, 1.54) is 40.7 Å². The van der Waals surface area contributed by atoms with Crippen LogP contribution in [-0.4, -0.2) is 24.4 Å². The van der Waals surface area contributed by atoms with E-state index in [2.05, 4.69) is 84.9 Å². The van der Waals surface area contributed by atoms with Crippen LogP contribution >= 0.6 is 0 Å². The van der Waals surface area contributed by atoms with Crippen molar-refractivity contribution < 1.29 is 9.84 Å². The molecule has 0 fully saturated rings. The van der Waals surface area contributed by atoms with Crippen LogP contribution in [0.3, 0.4) is 0 Å². The highest BCUT2D eigenvalue weighted by atomic mass is 16.5. The Morgan fingerprint density at radius 3 is 2.00 bits per heavy atom. The third-order valence-corrected chi connectivity index (χ3v) is 7.87. The summed E-state index contributed by atoms with van der Waals surface area (Å²) in [6.07, 6.45) is 8.04. The van der Waals surface area contributed by atoms with Gasteiger partial charge in [0.25, 0.3) is 0 Å². The quantitative estimate of drug-likeness (QED) is 0.272. The standard InChI is InChI=1S/C32H51NO2/c1-8-32(9-2,27-16-14-26(24(3)22-27)15-19-30(34)31(5,6)7)28-17-18-29(25(4)23-28)35-21-13-11-10-12-20-33/h14,16-18,22-23,30,34H,8-13,15,19-21,33H2,1-7H3. The summed E-state index contributed by atoms with van der Waals surface area (Å²) in [7, 11) is 0. The number of unbranched alkanes of at least 4 members (excludes halogenated alkanes) is 3. The second kappa shape index (κ2) is 13.5. The lowest BCUT2D eigenvalue weighted by Crippen LogP contribution is -2.27. The van der Waals surface area contributed by atoms with Crippen molar-refractivity contribution in [2.24, 2.45) is 11.1 Å². The van der Waals surface area contributed by atoms with Crippen LogP contribution in [0.15, 0.2) is 36.4 Å². The van der Waals surface area contributed by atoms with Gasteiger partial charge in [-0.3, -0.25) is 0 Å². The van der Waals surface area contributed by atoms with Crippen molar-refractivity contribution in [3.8, 4) is 5.75 Å². The van der Waals surface area contributed by atoms with Crippen LogP contribution in [0.5, 0.6) is 5.75 Å². The van der Waals surface area contributed by atoms with Crippen LogP contribution < -0.4 is 10.5 Å². The molecular formula is C32H51NO2. The van der Waals surface area contributed by atoms with E-state index in [1.807, 2.05) is 0 Å². The lowest BCUT2D eigenvalue weighted by atomic mass is 9.69. The highest BCUT2D eigenvalue weighted by molar-refractivity contribution is 5.47. The van der Waals surface area contributed by atoms with Crippen LogP contribution in [0.4, 0.5) is 0 Å². The number of benzene rings is 2. The number of rotatable bonds is 14. The van der Waals surface area contributed by atoms with Crippen LogP contribution in [-0.2, 0) is 11.8 Å². The van der Waals surface area contributed by atoms with E-state index < -0.39 is 0 Å². The van der Waals surface area contributed by atoms with Gasteiger partial charge in [0.15, 0.2) is 0 Å². The van der Waals surface area contributed by atoms with Crippen molar-refractivity contribution in [1.82, 2.24) is 0 Å². The van der Waals surface area contributed by atoms with E-state index in [0.717, 1.165) is 57.4 Å². The molecule has 3 heteroatoms. The van der Waals surface area contributed by atoms with Crippen LogP contribution in [0.25, 0.3) is 0 Å². The Morgan fingerprint density at radius 2 is 1.46 bits per heavy atom. The van der Waals surface area contributed by atoms with Gasteiger partial charge in [-0.15, -0.1) is 0 Å². The SMILES string of the molecule is CCC(CC)(c1ccc(CCC(O)C(C)(C)C)c(C)c1)c1ccc(OCCCCCCN)c(C)c1. The summed E-state index contributed by atoms with van der Waals surface area (Å²) >= 11 is 0. The van der Waals surface area contributed by atoms with Crippen molar-refractivity contribution >= 4 is 0 Å². The van der Waals surface area contributed by atoms with E-state index >= 15 is 0 Å². The highest BCUT2D eigenvalue weighted by Crippen LogP contribution is 2.41. The van der Waals surface area contributed by atoms with Crippen LogP contribution in [0.1, 0.15) is 107 Å². The number of hydrogen-bond donors (Lipinski definition) is 2. The first kappa shape index (κ1) is 29.4. The Morgan fingerprint density at radius 1 is 0.857 bits per heavy atom. The molecule has 0 spiro atoms. The minimum atomic E-state index is -0.290. The molecule has 2 aromatic carbocycles. The summed E-state index contributed by atoms with van der Waals surface area (Å²) in [4.78, 5) is 0. The van der Waals surface area contributed by atoms with Crippen molar-refractivity contribution in [1.29, 1.82) is 0 Å². The van der Waals surface area contributed by atoms with Gasteiger partial charge in [0.2, 0.25) is 0 Å². The van der Waals surface area contributed by atoms with Gasteiger partial charge in [0.1, 0.15) is 5.75 Å². The minimum absolute atomic E-state index is 0.0142. The molecule has 2 rings (SSSR count). The van der Waals surface area contributed by atoms with Crippen molar-refractivity contribution in [3.05, 3.63) is 64.2 Å². The molecule has 196 valence electrons. The van der Waals surface area contributed by atoms with E-state index in [-0.39, 0.29) is 16.9 Å². The number of aryl methyl sites for hydroxylation is 3. The topological polar surface area (TPSA) is 55.5 Å². The summed E-state index contributed by atoms with van der Waals surface area (Å²) in [5.74, 6) is 0.998. The number of ether oxygens (including phenoxy) is 1. The van der Waals surface area contributed by atoms with Gasteiger partial charge in [0.05, 0.1) is 12.7 Å². The predicted molar refractivity (Wildman–Crippen MR) is 151 cm³/mol. The van der Waals surface area contributed by atoms with Gasteiger partial charge in [-0.25, -0.2) is 0 Å². The summed E-state index contributed by atoms with van der Waals surface area (Å²) in [6, 6.07) is 13.8. The van der Waals surface area contributed by atoms with Crippen LogP contribution in [0.2, 0.25) is 0 Å². The van der Waals surface area contributed by atoms with Crippen molar-refractivity contribution in [2.75, 3.05) is 13.2 Å². The summed E-state index contributed by atoms with van der Waals surface area (Å²) in [6.45, 7) is 16.8. The van der Waals surface area contributed by atoms with Gasteiger partial charge in [-0.2, -0.15) is 0 Å². The Labute approximate surface area is 215 Å². The Balaban J connectivity index is 2.19. The van der Waals surface area contributed by atoms with Gasteiger partial charge in [0, 0.05) is 5.41 Å². The number of aliphatic hydroxyl groups is 1. The molecule has 0 aliphatic carbocycles. The molecule has 3 nitrogen and oxygen atoms in total. The van der Waals surface area contributed by atoms with E-state index in [4.69, 9.17) is 10.5 Å². The second-order valence-corrected chi connectivity index (χ2v) is 11.4. The third-order valence-electron chi connectivity index (χ3n) is 7.87. The molecule has 0 aliphatic rings. The molecule has 0 amide bonds. The monoisotopic (exact) mass is 481 g/mol. The fourth-order valence-electron chi connectivity index (χ4n) is 5.12. The van der Waals surface area contributed by atoms with Gasteiger partial charge in [-0.05, 0) is 98.2 Å². The Kier molecular flexibility index (Phi) is 11.3. The van der Waals surface area contributed by atoms with Gasteiger partial charge >= 0.3 is 0 Å². The lowest BCUT2D eigenvalue weighted by molar-refractivity contribution is 0.0560. The largest absolute Gasteiger partial charge is 0.493 e. The zero-order chi connectivity index (χ0) is 26.1. The zero-order valence-corrected chi connectivity index (χ0v) is 23.5. The second-order valence-electron chi connectivity index (χ2n) is 11.4. The number of aliphatic hydroxyl groups excluding tert-OH is 1. The van der Waals surface area contributed by atoms with E-state index in [0.29, 0.717) is 0 Å². The van der Waals surface area contributed by atoms with E-state index in [9.17, 15) is 5.11 Å². The molecule has 35 heavy (non-hydrogen) atoms. The van der Waals surface area contributed by atoms with Gasteiger partial charge < -0.3 is 15.6 Å². The minimum Gasteiger partial charge on any atom is -0.493 e. The van der Waals surface area contributed by atoms with E-state index in [1.54, 1.807) is 0 Å². The maximum atomic E-state index is 10.5. The smallest absolute Gasteiger partial charge is 0.122 e. The average Bonchev–Trinajstić information content (AvgIpc) is 2.82. The first-order valence-corrected chi connectivity index (χ1v) is 13.8. The first-order valence-electron chi connectivity index (χ1n) is 13.8. The maximum Gasteiger partial charge on any atom is 0.122 e. The predicted octanol–water partition coefficient (Wildman–Crippen LogP) is 7.65. The number of nitrogens with two attached hydrogens (primary N) is 1. The maximum absolute atomic E-state index is 10.5. The summed E-state index contributed by atoms with van der Waals surface area (Å²) in [5.41, 5.74) is 12.1. The van der Waals surface area contributed by atoms with Gasteiger partial charge in [-0.1, -0.05) is 77.8 Å². The molecule has 1 atom stereocenters. The third kappa shape index (κ3) is 7.82. The molecule has 0 aliphatic heterocycles. The molecule has 2 aromatic rings. The highest BCUT2D eigenvalue weighted by Gasteiger charge is 2.31. The normalized spacial score (nSPS) is 13.2. The fraction of sp³-hybridized carbons (Fsp3) is 0.625. The lowest BCUT2D eigenvalue weighted by Gasteiger charge is -2.34. The first-order chi connectivity index (χ1) is 16.6. The molecule has 0 heterocycles. The summed E-state index contributed by atoms with van der Waals surface area (Å²) in [5, 5.41) is 10.5. The average molecular weight is 482 g/mol. The summed E-state index contributed by atoms with van der Waals surface area (Å²) < 4.78 is 6.11.